The topological polar surface area (TPSA) is 0 Å². The molecule has 1 aliphatic carbocycles. The molecule has 0 heteroatoms. The molecule has 11 heavy (non-hydrogen) atoms. The molecular formula is C11H12. The summed E-state index contributed by atoms with van der Waals surface area (Å²) in [5, 5.41) is 0. The summed E-state index contributed by atoms with van der Waals surface area (Å²) in [6.45, 7) is 0. The Labute approximate surface area is 67.6 Å². The highest BCUT2D eigenvalue weighted by Crippen LogP contribution is 2.21. The Morgan fingerprint density at radius 3 is 2.45 bits per heavy atom. The van der Waals surface area contributed by atoms with Crippen LogP contribution in [0.2, 0.25) is 0 Å². The molecule has 56 valence electrons. The molecule has 1 aromatic rings. The lowest BCUT2D eigenvalue weighted by molar-refractivity contribution is 0.608. The highest BCUT2D eigenvalue weighted by atomic mass is 14.1. The minimum atomic E-state index is 0.817. The van der Waals surface area contributed by atoms with Crippen molar-refractivity contribution in [2.75, 3.05) is 0 Å². The van der Waals surface area contributed by atoms with Crippen LogP contribution >= 0.6 is 0 Å². The van der Waals surface area contributed by atoms with Gasteiger partial charge in [-0.15, -0.1) is 0 Å². The Kier molecular flexibility index (Phi) is 1.76. The largest absolute Gasteiger partial charge is 0.0876 e. The molecule has 0 N–H and O–H groups in total. The standard InChI is InChI=1S/C11H12/c1-2-5-10(6-3-1)9-11-7-4-8-11/h1-7,11H,8-9H2. The molecule has 1 unspecified atom stereocenters. The second kappa shape index (κ2) is 2.91. The van der Waals surface area contributed by atoms with Crippen LogP contribution in [0.15, 0.2) is 42.5 Å². The summed E-state index contributed by atoms with van der Waals surface area (Å²) >= 11 is 0. The molecule has 0 heterocycles. The first kappa shape index (κ1) is 6.66. The summed E-state index contributed by atoms with van der Waals surface area (Å²) < 4.78 is 0. The van der Waals surface area contributed by atoms with Crippen molar-refractivity contribution < 1.29 is 0 Å². The summed E-state index contributed by atoms with van der Waals surface area (Å²) in [7, 11) is 0. The van der Waals surface area contributed by atoms with E-state index in [9.17, 15) is 0 Å². The molecule has 0 radical (unpaired) electrons. The van der Waals surface area contributed by atoms with Crippen molar-refractivity contribution in [2.45, 2.75) is 12.8 Å². The second-order valence-corrected chi connectivity index (χ2v) is 3.11. The van der Waals surface area contributed by atoms with Crippen molar-refractivity contribution in [2.24, 2.45) is 5.92 Å². The fourth-order valence-electron chi connectivity index (χ4n) is 1.40. The molecule has 0 aliphatic heterocycles. The van der Waals surface area contributed by atoms with Crippen molar-refractivity contribution in [1.29, 1.82) is 0 Å². The molecule has 0 nitrogen and oxygen atoms in total. The zero-order valence-electron chi connectivity index (χ0n) is 6.53. The Bertz CT molecular complexity index is 246. The maximum atomic E-state index is 2.30. The van der Waals surface area contributed by atoms with Crippen LogP contribution in [0, 0.1) is 5.92 Å². The van der Waals surface area contributed by atoms with Crippen LogP contribution in [-0.4, -0.2) is 0 Å². The minimum absolute atomic E-state index is 0.817. The average molecular weight is 144 g/mol. The van der Waals surface area contributed by atoms with Crippen LogP contribution in [0.3, 0.4) is 0 Å². The molecule has 2 rings (SSSR count). The summed E-state index contributed by atoms with van der Waals surface area (Å²) in [4.78, 5) is 0. The zero-order valence-corrected chi connectivity index (χ0v) is 6.53. The fraction of sp³-hybridized carbons (Fsp3) is 0.273. The van der Waals surface area contributed by atoms with E-state index in [0.717, 1.165) is 5.92 Å². The number of rotatable bonds is 2. The van der Waals surface area contributed by atoms with E-state index in [-0.39, 0.29) is 0 Å². The molecule has 1 aliphatic rings. The molecular weight excluding hydrogens is 132 g/mol. The summed E-state index contributed by atoms with van der Waals surface area (Å²) in [6.07, 6.45) is 7.03. The van der Waals surface area contributed by atoms with Crippen LogP contribution in [0.5, 0.6) is 0 Å². The van der Waals surface area contributed by atoms with Crippen LogP contribution < -0.4 is 0 Å². The van der Waals surface area contributed by atoms with E-state index in [1.54, 1.807) is 0 Å². The normalized spacial score (nSPS) is 21.3. The molecule has 0 saturated heterocycles. The van der Waals surface area contributed by atoms with E-state index in [2.05, 4.69) is 42.5 Å². The first-order valence-corrected chi connectivity index (χ1v) is 4.16. The maximum absolute atomic E-state index is 2.30. The lowest BCUT2D eigenvalue weighted by Crippen LogP contribution is -2.06. The number of hydrogen-bond donors (Lipinski definition) is 0. The third-order valence-electron chi connectivity index (χ3n) is 2.19. The van der Waals surface area contributed by atoms with Gasteiger partial charge in [0.2, 0.25) is 0 Å². The third-order valence-corrected chi connectivity index (χ3v) is 2.19. The monoisotopic (exact) mass is 144 g/mol. The SMILES string of the molecule is C1=CC(Cc2ccccc2)C1. The first-order valence-electron chi connectivity index (χ1n) is 4.16. The summed E-state index contributed by atoms with van der Waals surface area (Å²) in [5.41, 5.74) is 1.46. The van der Waals surface area contributed by atoms with Gasteiger partial charge in [0.25, 0.3) is 0 Å². The molecule has 0 bridgehead atoms. The molecule has 1 atom stereocenters. The van der Waals surface area contributed by atoms with Gasteiger partial charge in [-0.1, -0.05) is 42.5 Å². The Morgan fingerprint density at radius 1 is 1.18 bits per heavy atom. The molecule has 0 amide bonds. The molecule has 0 aromatic heterocycles. The van der Waals surface area contributed by atoms with E-state index >= 15 is 0 Å². The fourth-order valence-corrected chi connectivity index (χ4v) is 1.40. The minimum Gasteiger partial charge on any atom is -0.0876 e. The van der Waals surface area contributed by atoms with Gasteiger partial charge >= 0.3 is 0 Å². The van der Waals surface area contributed by atoms with E-state index in [1.807, 2.05) is 0 Å². The quantitative estimate of drug-likeness (QED) is 0.560. The second-order valence-electron chi connectivity index (χ2n) is 3.11. The van der Waals surface area contributed by atoms with E-state index < -0.39 is 0 Å². The van der Waals surface area contributed by atoms with Crippen LogP contribution in [-0.2, 0) is 6.42 Å². The predicted molar refractivity (Wildman–Crippen MR) is 47.4 cm³/mol. The maximum Gasteiger partial charge on any atom is -0.0158 e. The molecule has 0 saturated carbocycles. The number of benzene rings is 1. The Balaban J connectivity index is 2.01. The van der Waals surface area contributed by atoms with Gasteiger partial charge in [0, 0.05) is 0 Å². The van der Waals surface area contributed by atoms with Gasteiger partial charge in [-0.3, -0.25) is 0 Å². The van der Waals surface area contributed by atoms with Crippen LogP contribution in [0.25, 0.3) is 0 Å². The van der Waals surface area contributed by atoms with E-state index in [0.29, 0.717) is 0 Å². The predicted octanol–water partition coefficient (Wildman–Crippen LogP) is 2.81. The van der Waals surface area contributed by atoms with Crippen molar-refractivity contribution in [1.82, 2.24) is 0 Å². The van der Waals surface area contributed by atoms with Gasteiger partial charge in [-0.2, -0.15) is 0 Å². The Hall–Kier alpha value is -1.04. The number of hydrogen-bond acceptors (Lipinski definition) is 0. The Morgan fingerprint density at radius 2 is 1.91 bits per heavy atom. The smallest absolute Gasteiger partial charge is 0.0158 e. The van der Waals surface area contributed by atoms with Crippen LogP contribution in [0.1, 0.15) is 12.0 Å². The van der Waals surface area contributed by atoms with Crippen molar-refractivity contribution in [3.05, 3.63) is 48.0 Å². The molecule has 0 fully saturated rings. The lowest BCUT2D eigenvalue weighted by atomic mass is 9.89. The third kappa shape index (κ3) is 1.51. The average Bonchev–Trinajstić information content (AvgIpc) is 1.99. The lowest BCUT2D eigenvalue weighted by Gasteiger charge is -2.16. The van der Waals surface area contributed by atoms with Gasteiger partial charge in [0.15, 0.2) is 0 Å². The van der Waals surface area contributed by atoms with Gasteiger partial charge in [-0.25, -0.2) is 0 Å². The van der Waals surface area contributed by atoms with Gasteiger partial charge < -0.3 is 0 Å². The van der Waals surface area contributed by atoms with Crippen molar-refractivity contribution >= 4 is 0 Å². The summed E-state index contributed by atoms with van der Waals surface area (Å²) in [5.74, 6) is 0.817. The highest BCUT2D eigenvalue weighted by Gasteiger charge is 2.09. The first-order chi connectivity index (χ1) is 5.45. The van der Waals surface area contributed by atoms with Gasteiger partial charge in [0.1, 0.15) is 0 Å². The van der Waals surface area contributed by atoms with Crippen molar-refractivity contribution in [3.63, 3.8) is 0 Å². The van der Waals surface area contributed by atoms with E-state index in [4.69, 9.17) is 0 Å². The van der Waals surface area contributed by atoms with Gasteiger partial charge in [-0.05, 0) is 24.3 Å². The highest BCUT2D eigenvalue weighted by molar-refractivity contribution is 5.18. The molecule has 0 spiro atoms. The number of allylic oxidation sites excluding steroid dienone is 2. The van der Waals surface area contributed by atoms with Crippen LogP contribution in [0.4, 0.5) is 0 Å². The van der Waals surface area contributed by atoms with Gasteiger partial charge in [0.05, 0.1) is 0 Å². The van der Waals surface area contributed by atoms with E-state index in [1.165, 1.54) is 18.4 Å². The summed E-state index contributed by atoms with van der Waals surface area (Å²) in [6, 6.07) is 10.7. The zero-order chi connectivity index (χ0) is 7.52. The molecule has 1 aromatic carbocycles. The van der Waals surface area contributed by atoms with Crippen molar-refractivity contribution in [3.8, 4) is 0 Å².